The maximum absolute atomic E-state index is 5.54. The van der Waals surface area contributed by atoms with E-state index in [0.29, 0.717) is 0 Å². The van der Waals surface area contributed by atoms with E-state index in [0.717, 1.165) is 12.6 Å². The van der Waals surface area contributed by atoms with E-state index in [9.17, 15) is 0 Å². The van der Waals surface area contributed by atoms with Gasteiger partial charge in [0.2, 0.25) is 0 Å². The summed E-state index contributed by atoms with van der Waals surface area (Å²) in [5.74, 6) is 0. The fraction of sp³-hybridized carbons (Fsp3) is 1.00. The predicted molar refractivity (Wildman–Crippen MR) is 80.9 cm³/mol. The maximum atomic E-state index is 5.54. The fourth-order valence-electron chi connectivity index (χ4n) is 2.94. The Morgan fingerprint density at radius 1 is 0.722 bits per heavy atom. The summed E-state index contributed by atoms with van der Waals surface area (Å²) in [7, 11) is 0. The van der Waals surface area contributed by atoms with Gasteiger partial charge in [0.25, 0.3) is 0 Å². The molecule has 108 valence electrons. The summed E-state index contributed by atoms with van der Waals surface area (Å²) < 4.78 is 0. The molecule has 0 bridgehead atoms. The van der Waals surface area contributed by atoms with Gasteiger partial charge in [0.15, 0.2) is 0 Å². The van der Waals surface area contributed by atoms with Crippen molar-refractivity contribution in [3.63, 3.8) is 0 Å². The lowest BCUT2D eigenvalue weighted by Gasteiger charge is -2.19. The summed E-state index contributed by atoms with van der Waals surface area (Å²) in [5, 5.41) is 3.75. The SMILES string of the molecule is NCCCCNC1CCCCCCCCCCC1. The first kappa shape index (κ1) is 16.0. The largest absolute Gasteiger partial charge is 0.330 e. The van der Waals surface area contributed by atoms with Crippen molar-refractivity contribution in [1.29, 1.82) is 0 Å². The maximum Gasteiger partial charge on any atom is 0.00670 e. The smallest absolute Gasteiger partial charge is 0.00670 e. The zero-order chi connectivity index (χ0) is 12.9. The molecule has 0 aromatic rings. The predicted octanol–water partition coefficient (Wildman–Crippen LogP) is 3.99. The molecule has 1 aliphatic carbocycles. The molecular formula is C16H34N2. The monoisotopic (exact) mass is 254 g/mol. The van der Waals surface area contributed by atoms with Crippen molar-refractivity contribution in [2.45, 2.75) is 89.5 Å². The standard InChI is InChI=1S/C16H34N2/c17-14-10-11-15-18-16-12-8-6-4-2-1-3-5-7-9-13-16/h16,18H,1-15,17H2. The highest BCUT2D eigenvalue weighted by atomic mass is 14.9. The average molecular weight is 254 g/mol. The third kappa shape index (κ3) is 8.93. The number of unbranched alkanes of at least 4 members (excludes halogenated alkanes) is 1. The first-order valence-corrected chi connectivity index (χ1v) is 8.37. The Kier molecular flexibility index (Phi) is 10.6. The lowest BCUT2D eigenvalue weighted by molar-refractivity contribution is 0.401. The highest BCUT2D eigenvalue weighted by Crippen LogP contribution is 2.16. The van der Waals surface area contributed by atoms with Gasteiger partial charge in [0.05, 0.1) is 0 Å². The second kappa shape index (κ2) is 12.0. The Morgan fingerprint density at radius 2 is 1.22 bits per heavy atom. The third-order valence-corrected chi connectivity index (χ3v) is 4.17. The van der Waals surface area contributed by atoms with Gasteiger partial charge in [-0.3, -0.25) is 0 Å². The highest BCUT2D eigenvalue weighted by molar-refractivity contribution is 4.68. The van der Waals surface area contributed by atoms with Crippen LogP contribution in [0.25, 0.3) is 0 Å². The van der Waals surface area contributed by atoms with E-state index < -0.39 is 0 Å². The van der Waals surface area contributed by atoms with Gasteiger partial charge >= 0.3 is 0 Å². The highest BCUT2D eigenvalue weighted by Gasteiger charge is 2.08. The van der Waals surface area contributed by atoms with E-state index in [1.54, 1.807) is 0 Å². The Hall–Kier alpha value is -0.0800. The number of nitrogens with one attached hydrogen (secondary N) is 1. The zero-order valence-corrected chi connectivity index (χ0v) is 12.3. The Labute approximate surface area is 114 Å². The van der Waals surface area contributed by atoms with Crippen LogP contribution < -0.4 is 11.1 Å². The molecule has 0 spiro atoms. The van der Waals surface area contributed by atoms with Gasteiger partial charge in [-0.25, -0.2) is 0 Å². The number of rotatable bonds is 5. The van der Waals surface area contributed by atoms with Gasteiger partial charge in [0.1, 0.15) is 0 Å². The van der Waals surface area contributed by atoms with Crippen LogP contribution in [0.2, 0.25) is 0 Å². The van der Waals surface area contributed by atoms with Gasteiger partial charge < -0.3 is 11.1 Å². The second-order valence-electron chi connectivity index (χ2n) is 5.91. The van der Waals surface area contributed by atoms with Crippen LogP contribution in [0.5, 0.6) is 0 Å². The summed E-state index contributed by atoms with van der Waals surface area (Å²) in [5.41, 5.74) is 5.54. The van der Waals surface area contributed by atoms with Crippen molar-refractivity contribution in [1.82, 2.24) is 5.32 Å². The summed E-state index contributed by atoms with van der Waals surface area (Å²) >= 11 is 0. The molecule has 0 aliphatic heterocycles. The minimum Gasteiger partial charge on any atom is -0.330 e. The normalized spacial score (nSPS) is 21.2. The van der Waals surface area contributed by atoms with E-state index in [2.05, 4.69) is 5.32 Å². The molecule has 0 unspecified atom stereocenters. The molecule has 1 fully saturated rings. The second-order valence-corrected chi connectivity index (χ2v) is 5.91. The van der Waals surface area contributed by atoms with Crippen molar-refractivity contribution in [3.05, 3.63) is 0 Å². The summed E-state index contributed by atoms with van der Waals surface area (Å²) in [4.78, 5) is 0. The van der Waals surface area contributed by atoms with Crippen LogP contribution >= 0.6 is 0 Å². The van der Waals surface area contributed by atoms with Crippen LogP contribution in [0.4, 0.5) is 0 Å². The van der Waals surface area contributed by atoms with Gasteiger partial charge in [-0.2, -0.15) is 0 Å². The van der Waals surface area contributed by atoms with E-state index in [-0.39, 0.29) is 0 Å². The van der Waals surface area contributed by atoms with Crippen LogP contribution in [0.3, 0.4) is 0 Å². The molecule has 0 radical (unpaired) electrons. The van der Waals surface area contributed by atoms with Gasteiger partial charge in [-0.1, -0.05) is 57.8 Å². The number of hydrogen-bond acceptors (Lipinski definition) is 2. The molecule has 2 heteroatoms. The summed E-state index contributed by atoms with van der Waals surface area (Å²) in [6, 6.07) is 0.780. The van der Waals surface area contributed by atoms with E-state index >= 15 is 0 Å². The number of hydrogen-bond donors (Lipinski definition) is 2. The van der Waals surface area contributed by atoms with E-state index in [4.69, 9.17) is 5.73 Å². The number of nitrogens with two attached hydrogens (primary N) is 1. The minimum absolute atomic E-state index is 0.780. The molecule has 0 heterocycles. The van der Waals surface area contributed by atoms with Crippen molar-refractivity contribution in [3.8, 4) is 0 Å². The Balaban J connectivity index is 2.14. The van der Waals surface area contributed by atoms with Gasteiger partial charge in [-0.05, 0) is 38.8 Å². The zero-order valence-electron chi connectivity index (χ0n) is 12.3. The summed E-state index contributed by atoms with van der Waals surface area (Å²) in [6.07, 6.45) is 18.3. The van der Waals surface area contributed by atoms with Crippen molar-refractivity contribution in [2.24, 2.45) is 5.73 Å². The topological polar surface area (TPSA) is 38.0 Å². The molecule has 0 aromatic heterocycles. The molecule has 0 aromatic carbocycles. The minimum atomic E-state index is 0.780. The molecule has 2 nitrogen and oxygen atoms in total. The fourth-order valence-corrected chi connectivity index (χ4v) is 2.94. The lowest BCUT2D eigenvalue weighted by atomic mass is 9.98. The molecule has 1 rings (SSSR count). The molecule has 18 heavy (non-hydrogen) atoms. The first-order valence-electron chi connectivity index (χ1n) is 8.37. The third-order valence-electron chi connectivity index (χ3n) is 4.17. The lowest BCUT2D eigenvalue weighted by Crippen LogP contribution is -2.30. The van der Waals surface area contributed by atoms with Crippen LogP contribution in [0, 0.1) is 0 Å². The molecular weight excluding hydrogens is 220 g/mol. The molecule has 1 aliphatic rings. The molecule has 0 amide bonds. The first-order chi connectivity index (χ1) is 8.93. The van der Waals surface area contributed by atoms with Crippen LogP contribution in [0.15, 0.2) is 0 Å². The van der Waals surface area contributed by atoms with Crippen LogP contribution in [-0.2, 0) is 0 Å². The van der Waals surface area contributed by atoms with Gasteiger partial charge in [0, 0.05) is 6.04 Å². The Bertz CT molecular complexity index is 156. The van der Waals surface area contributed by atoms with Gasteiger partial charge in [-0.15, -0.1) is 0 Å². The molecule has 0 saturated heterocycles. The quantitative estimate of drug-likeness (QED) is 0.728. The molecule has 0 atom stereocenters. The van der Waals surface area contributed by atoms with Crippen LogP contribution in [-0.4, -0.2) is 19.1 Å². The molecule has 3 N–H and O–H groups in total. The van der Waals surface area contributed by atoms with E-state index in [1.807, 2.05) is 0 Å². The summed E-state index contributed by atoms with van der Waals surface area (Å²) in [6.45, 7) is 2.01. The van der Waals surface area contributed by atoms with Crippen molar-refractivity contribution >= 4 is 0 Å². The average Bonchev–Trinajstić information content (AvgIpc) is 2.37. The van der Waals surface area contributed by atoms with Crippen molar-refractivity contribution < 1.29 is 0 Å². The van der Waals surface area contributed by atoms with E-state index in [1.165, 1.54) is 90.0 Å². The molecule has 1 saturated carbocycles. The Morgan fingerprint density at radius 3 is 1.72 bits per heavy atom. The van der Waals surface area contributed by atoms with Crippen molar-refractivity contribution in [2.75, 3.05) is 13.1 Å². The van der Waals surface area contributed by atoms with Crippen LogP contribution in [0.1, 0.15) is 83.5 Å².